The van der Waals surface area contributed by atoms with Crippen LogP contribution in [0.3, 0.4) is 0 Å². The number of carbonyl (C=O) groups is 1. The Morgan fingerprint density at radius 1 is 1.41 bits per heavy atom. The maximum absolute atomic E-state index is 12.4. The molecule has 1 aromatic heterocycles. The molecule has 0 unspecified atom stereocenters. The molecule has 0 spiro atoms. The second-order valence-electron chi connectivity index (χ2n) is 5.93. The van der Waals surface area contributed by atoms with Crippen molar-refractivity contribution in [1.29, 1.82) is 0 Å². The minimum Gasteiger partial charge on any atom is -0.334 e. The van der Waals surface area contributed by atoms with Crippen molar-refractivity contribution in [2.45, 2.75) is 26.3 Å². The van der Waals surface area contributed by atoms with E-state index in [4.69, 9.17) is 0 Å². The molecular weight excluding hydrogens is 276 g/mol. The Kier molecular flexibility index (Phi) is 5.55. The number of likely N-dealkylation sites (tertiary alicyclic amines) is 1. The standard InChI is InChI=1S/C17H26N4O/c1-5-8-20(9-6-2)17(22)13-19-10-7-16(12-19)21-15(4)11-14(3)18-21/h5-6,11,16H,1-2,7-10,12-13H2,3-4H3/t16-/m0/s1. The zero-order chi connectivity index (χ0) is 16.1. The largest absolute Gasteiger partial charge is 0.334 e. The Bertz CT molecular complexity index is 539. The Morgan fingerprint density at radius 2 is 2.09 bits per heavy atom. The lowest BCUT2D eigenvalue weighted by molar-refractivity contribution is -0.131. The maximum atomic E-state index is 12.4. The fourth-order valence-electron chi connectivity index (χ4n) is 3.05. The number of hydrogen-bond donors (Lipinski definition) is 0. The van der Waals surface area contributed by atoms with Gasteiger partial charge in [0.1, 0.15) is 0 Å². The first-order valence-electron chi connectivity index (χ1n) is 7.79. The van der Waals surface area contributed by atoms with Gasteiger partial charge in [-0.05, 0) is 26.3 Å². The molecule has 0 radical (unpaired) electrons. The van der Waals surface area contributed by atoms with Gasteiger partial charge in [0.05, 0.1) is 18.3 Å². The summed E-state index contributed by atoms with van der Waals surface area (Å²) in [5.41, 5.74) is 2.24. The van der Waals surface area contributed by atoms with Gasteiger partial charge in [-0.25, -0.2) is 0 Å². The maximum Gasteiger partial charge on any atom is 0.237 e. The molecule has 0 aliphatic carbocycles. The van der Waals surface area contributed by atoms with Crippen molar-refractivity contribution < 1.29 is 4.79 Å². The minimum atomic E-state index is 0.133. The molecule has 1 aliphatic rings. The van der Waals surface area contributed by atoms with E-state index < -0.39 is 0 Å². The molecule has 0 aromatic carbocycles. The van der Waals surface area contributed by atoms with Crippen LogP contribution in [0.4, 0.5) is 0 Å². The molecule has 5 nitrogen and oxygen atoms in total. The van der Waals surface area contributed by atoms with Gasteiger partial charge >= 0.3 is 0 Å². The number of rotatable bonds is 7. The molecule has 2 heterocycles. The number of hydrogen-bond acceptors (Lipinski definition) is 3. The second-order valence-corrected chi connectivity index (χ2v) is 5.93. The third-order valence-electron chi connectivity index (χ3n) is 4.05. The normalized spacial score (nSPS) is 18.4. The van der Waals surface area contributed by atoms with Crippen LogP contribution in [0.15, 0.2) is 31.4 Å². The first-order valence-corrected chi connectivity index (χ1v) is 7.79. The third kappa shape index (κ3) is 3.85. The van der Waals surface area contributed by atoms with Crippen molar-refractivity contribution >= 4 is 5.91 Å². The molecule has 1 atom stereocenters. The number of carbonyl (C=O) groups excluding carboxylic acids is 1. The summed E-state index contributed by atoms with van der Waals surface area (Å²) >= 11 is 0. The molecule has 1 aliphatic heterocycles. The third-order valence-corrected chi connectivity index (χ3v) is 4.05. The zero-order valence-corrected chi connectivity index (χ0v) is 13.7. The Labute approximate surface area is 132 Å². The Morgan fingerprint density at radius 3 is 2.64 bits per heavy atom. The van der Waals surface area contributed by atoms with Gasteiger partial charge in [0.15, 0.2) is 0 Å². The van der Waals surface area contributed by atoms with Crippen LogP contribution in [-0.4, -0.2) is 58.2 Å². The SMILES string of the molecule is C=CCN(CC=C)C(=O)CN1CC[C@H](n2nc(C)cc2C)C1. The first-order chi connectivity index (χ1) is 10.5. The summed E-state index contributed by atoms with van der Waals surface area (Å²) in [5, 5.41) is 4.57. The van der Waals surface area contributed by atoms with Gasteiger partial charge in [-0.1, -0.05) is 12.2 Å². The average molecular weight is 302 g/mol. The van der Waals surface area contributed by atoms with Crippen LogP contribution < -0.4 is 0 Å². The predicted molar refractivity (Wildman–Crippen MR) is 88.8 cm³/mol. The number of aryl methyl sites for hydroxylation is 2. The summed E-state index contributed by atoms with van der Waals surface area (Å²) in [6.45, 7) is 14.9. The van der Waals surface area contributed by atoms with E-state index in [9.17, 15) is 4.79 Å². The summed E-state index contributed by atoms with van der Waals surface area (Å²) in [4.78, 5) is 16.3. The highest BCUT2D eigenvalue weighted by Crippen LogP contribution is 2.22. The molecule has 0 N–H and O–H groups in total. The minimum absolute atomic E-state index is 0.133. The van der Waals surface area contributed by atoms with Crippen LogP contribution in [0, 0.1) is 13.8 Å². The van der Waals surface area contributed by atoms with Crippen molar-refractivity contribution in [3.63, 3.8) is 0 Å². The van der Waals surface area contributed by atoms with Crippen LogP contribution in [0.5, 0.6) is 0 Å². The Hall–Kier alpha value is -1.88. The van der Waals surface area contributed by atoms with E-state index in [1.165, 1.54) is 5.69 Å². The quantitative estimate of drug-likeness (QED) is 0.723. The summed E-state index contributed by atoms with van der Waals surface area (Å²) in [5.74, 6) is 0.133. The highest BCUT2D eigenvalue weighted by molar-refractivity contribution is 5.78. The molecule has 1 fully saturated rings. The lowest BCUT2D eigenvalue weighted by Crippen LogP contribution is -2.40. The molecule has 2 rings (SSSR count). The monoisotopic (exact) mass is 302 g/mol. The average Bonchev–Trinajstić information content (AvgIpc) is 3.05. The first kappa shape index (κ1) is 16.5. The summed E-state index contributed by atoms with van der Waals surface area (Å²) < 4.78 is 2.10. The molecular formula is C17H26N4O. The summed E-state index contributed by atoms with van der Waals surface area (Å²) in [7, 11) is 0. The van der Waals surface area contributed by atoms with Crippen LogP contribution in [0.2, 0.25) is 0 Å². The van der Waals surface area contributed by atoms with Gasteiger partial charge in [0.25, 0.3) is 0 Å². The van der Waals surface area contributed by atoms with Gasteiger partial charge in [-0.3, -0.25) is 14.4 Å². The van der Waals surface area contributed by atoms with Crippen LogP contribution in [0.1, 0.15) is 23.9 Å². The van der Waals surface area contributed by atoms with Crippen molar-refractivity contribution in [1.82, 2.24) is 19.6 Å². The number of nitrogens with zero attached hydrogens (tertiary/aromatic N) is 4. The fourth-order valence-corrected chi connectivity index (χ4v) is 3.05. The Balaban J connectivity index is 1.92. The van der Waals surface area contributed by atoms with E-state index in [0.717, 1.165) is 25.2 Å². The van der Waals surface area contributed by atoms with Crippen molar-refractivity contribution in [2.75, 3.05) is 32.7 Å². The van der Waals surface area contributed by atoms with Crippen LogP contribution >= 0.6 is 0 Å². The van der Waals surface area contributed by atoms with Gasteiger partial charge in [0, 0.05) is 31.9 Å². The molecule has 120 valence electrons. The van der Waals surface area contributed by atoms with E-state index in [1.807, 2.05) is 6.92 Å². The van der Waals surface area contributed by atoms with Gasteiger partial charge in [-0.15, -0.1) is 13.2 Å². The van der Waals surface area contributed by atoms with Crippen LogP contribution in [0.25, 0.3) is 0 Å². The smallest absolute Gasteiger partial charge is 0.237 e. The molecule has 0 saturated carbocycles. The lowest BCUT2D eigenvalue weighted by atomic mass is 10.2. The number of aromatic nitrogens is 2. The van der Waals surface area contributed by atoms with Crippen molar-refractivity contribution in [2.24, 2.45) is 0 Å². The van der Waals surface area contributed by atoms with E-state index in [0.29, 0.717) is 25.7 Å². The molecule has 1 saturated heterocycles. The van der Waals surface area contributed by atoms with E-state index in [-0.39, 0.29) is 5.91 Å². The molecule has 1 aromatic rings. The molecule has 0 bridgehead atoms. The highest BCUT2D eigenvalue weighted by Gasteiger charge is 2.27. The van der Waals surface area contributed by atoms with E-state index in [1.54, 1.807) is 17.1 Å². The lowest BCUT2D eigenvalue weighted by Gasteiger charge is -2.23. The molecule has 5 heteroatoms. The van der Waals surface area contributed by atoms with Crippen molar-refractivity contribution in [3.8, 4) is 0 Å². The van der Waals surface area contributed by atoms with Crippen LogP contribution in [-0.2, 0) is 4.79 Å². The fraction of sp³-hybridized carbons (Fsp3) is 0.529. The van der Waals surface area contributed by atoms with E-state index in [2.05, 4.69) is 40.8 Å². The summed E-state index contributed by atoms with van der Waals surface area (Å²) in [6, 6.07) is 2.47. The second kappa shape index (κ2) is 7.40. The van der Waals surface area contributed by atoms with Gasteiger partial charge in [0.2, 0.25) is 5.91 Å². The van der Waals surface area contributed by atoms with Crippen molar-refractivity contribution in [3.05, 3.63) is 42.8 Å². The molecule has 22 heavy (non-hydrogen) atoms. The zero-order valence-electron chi connectivity index (χ0n) is 13.7. The highest BCUT2D eigenvalue weighted by atomic mass is 16.2. The topological polar surface area (TPSA) is 41.4 Å². The molecule has 1 amide bonds. The van der Waals surface area contributed by atoms with Gasteiger partial charge in [-0.2, -0.15) is 5.10 Å². The van der Waals surface area contributed by atoms with Gasteiger partial charge < -0.3 is 4.90 Å². The predicted octanol–water partition coefficient (Wildman–Crippen LogP) is 1.95. The number of amides is 1. The summed E-state index contributed by atoms with van der Waals surface area (Å²) in [6.07, 6.45) is 4.55. The van der Waals surface area contributed by atoms with E-state index >= 15 is 0 Å².